The summed E-state index contributed by atoms with van der Waals surface area (Å²) in [6.45, 7) is 0. The summed E-state index contributed by atoms with van der Waals surface area (Å²) < 4.78 is 0. The normalized spacial score (nSPS) is 25.4. The van der Waals surface area contributed by atoms with Crippen LogP contribution in [0.1, 0.15) is 55.8 Å². The standard InChI is InChI=1S/C30H20Cl2/c31-28-22-12-4-8-16-26(22)30(32)25-15-7-3-11-21(25)27(28)29(30)23-13-5-1-9-19(23)17-18-20-10-2-6-14-24(20)29/h1-18,27-28H/t27-,28-,30-/m0/s1. The summed E-state index contributed by atoms with van der Waals surface area (Å²) in [5.41, 5.74) is 9.06. The summed E-state index contributed by atoms with van der Waals surface area (Å²) >= 11 is 15.6. The zero-order chi connectivity index (χ0) is 21.5. The van der Waals surface area contributed by atoms with Gasteiger partial charge in [-0.2, -0.15) is 0 Å². The molecule has 0 radical (unpaired) electrons. The number of benzene rings is 4. The first-order chi connectivity index (χ1) is 15.7. The molecule has 2 bridgehead atoms. The Morgan fingerprint density at radius 2 is 0.969 bits per heavy atom. The molecule has 2 heteroatoms. The van der Waals surface area contributed by atoms with Crippen molar-refractivity contribution >= 4 is 35.4 Å². The number of hydrogen-bond donors (Lipinski definition) is 0. The Morgan fingerprint density at radius 1 is 0.531 bits per heavy atom. The molecular formula is C30H20Cl2. The topological polar surface area (TPSA) is 0 Å². The third-order valence-corrected chi connectivity index (χ3v) is 9.00. The van der Waals surface area contributed by atoms with Crippen LogP contribution in [0.15, 0.2) is 97.1 Å². The Labute approximate surface area is 198 Å². The zero-order valence-corrected chi connectivity index (χ0v) is 18.8. The van der Waals surface area contributed by atoms with Gasteiger partial charge in [0.2, 0.25) is 0 Å². The molecule has 3 aliphatic carbocycles. The minimum atomic E-state index is -0.769. The van der Waals surface area contributed by atoms with Gasteiger partial charge in [-0.15, -0.1) is 23.2 Å². The molecule has 32 heavy (non-hydrogen) atoms. The zero-order valence-electron chi connectivity index (χ0n) is 17.3. The molecule has 4 aromatic rings. The predicted molar refractivity (Wildman–Crippen MR) is 133 cm³/mol. The smallest absolute Gasteiger partial charge is 0.109 e. The lowest BCUT2D eigenvalue weighted by Crippen LogP contribution is -2.51. The highest BCUT2D eigenvalue weighted by atomic mass is 35.5. The molecule has 1 spiro atoms. The van der Waals surface area contributed by atoms with E-state index in [0.29, 0.717) is 0 Å². The number of alkyl halides is 2. The summed E-state index contributed by atoms with van der Waals surface area (Å²) in [6, 6.07) is 34.6. The van der Waals surface area contributed by atoms with Crippen molar-refractivity contribution in [2.45, 2.75) is 21.6 Å². The van der Waals surface area contributed by atoms with Crippen molar-refractivity contribution in [1.82, 2.24) is 0 Å². The van der Waals surface area contributed by atoms with E-state index in [2.05, 4.69) is 109 Å². The second-order valence-electron chi connectivity index (χ2n) is 9.03. The van der Waals surface area contributed by atoms with E-state index in [-0.39, 0.29) is 11.3 Å². The van der Waals surface area contributed by atoms with Gasteiger partial charge in [0.1, 0.15) is 4.87 Å². The molecule has 0 unspecified atom stereocenters. The minimum absolute atomic E-state index is 0.00923. The van der Waals surface area contributed by atoms with Gasteiger partial charge >= 0.3 is 0 Å². The second-order valence-corrected chi connectivity index (χ2v) is 10.1. The molecule has 0 N–H and O–H groups in total. The molecular weight excluding hydrogens is 431 g/mol. The highest BCUT2D eigenvalue weighted by Gasteiger charge is 2.70. The third-order valence-electron chi connectivity index (χ3n) is 7.81. The lowest BCUT2D eigenvalue weighted by atomic mass is 9.54. The molecule has 3 atom stereocenters. The molecule has 0 aliphatic heterocycles. The van der Waals surface area contributed by atoms with Crippen LogP contribution < -0.4 is 0 Å². The maximum absolute atomic E-state index is 8.10. The Balaban J connectivity index is 1.75. The quantitative estimate of drug-likeness (QED) is 0.238. The molecule has 0 heterocycles. The van der Waals surface area contributed by atoms with Gasteiger partial charge in [0, 0.05) is 5.92 Å². The first-order valence-electron chi connectivity index (χ1n) is 11.1. The van der Waals surface area contributed by atoms with Gasteiger partial charge < -0.3 is 0 Å². The number of hydrogen-bond acceptors (Lipinski definition) is 0. The Bertz CT molecular complexity index is 1380. The fraction of sp³-hybridized carbons (Fsp3) is 0.133. The van der Waals surface area contributed by atoms with Crippen LogP contribution in [0.4, 0.5) is 0 Å². The third kappa shape index (κ3) is 1.98. The maximum atomic E-state index is 8.10. The molecule has 0 saturated heterocycles. The SMILES string of the molecule is Cl[C@H]1c2ccccc2[C@@]2(Cl)c3ccccc3[C@@H]1C21c2ccccc2C=Cc2ccccc21. The summed E-state index contributed by atoms with van der Waals surface area (Å²) in [5.74, 6) is 0.00923. The fourth-order valence-electron chi connectivity index (χ4n) is 6.74. The monoisotopic (exact) mass is 450 g/mol. The van der Waals surface area contributed by atoms with E-state index < -0.39 is 10.3 Å². The number of fused-ring (bicyclic) bond motifs is 7. The van der Waals surface area contributed by atoms with Crippen LogP contribution in [0.25, 0.3) is 12.2 Å². The van der Waals surface area contributed by atoms with Crippen molar-refractivity contribution in [2.75, 3.05) is 0 Å². The molecule has 0 saturated carbocycles. The number of rotatable bonds is 0. The van der Waals surface area contributed by atoms with E-state index in [4.69, 9.17) is 23.2 Å². The van der Waals surface area contributed by atoms with Crippen molar-refractivity contribution in [3.05, 3.63) is 142 Å². The van der Waals surface area contributed by atoms with E-state index in [0.717, 1.165) is 11.1 Å². The summed E-state index contributed by atoms with van der Waals surface area (Å²) in [7, 11) is 0. The Kier molecular flexibility index (Phi) is 3.73. The van der Waals surface area contributed by atoms with Crippen LogP contribution in [-0.2, 0) is 10.3 Å². The van der Waals surface area contributed by atoms with Gasteiger partial charge in [0.25, 0.3) is 0 Å². The van der Waals surface area contributed by atoms with Crippen molar-refractivity contribution in [1.29, 1.82) is 0 Å². The Morgan fingerprint density at radius 3 is 1.56 bits per heavy atom. The average molecular weight is 451 g/mol. The van der Waals surface area contributed by atoms with Crippen molar-refractivity contribution in [2.24, 2.45) is 0 Å². The molecule has 154 valence electrons. The molecule has 0 fully saturated rings. The van der Waals surface area contributed by atoms with Crippen molar-refractivity contribution < 1.29 is 0 Å². The van der Waals surface area contributed by atoms with E-state index >= 15 is 0 Å². The van der Waals surface area contributed by atoms with E-state index in [1.165, 1.54) is 33.4 Å². The van der Waals surface area contributed by atoms with E-state index in [1.807, 2.05) is 0 Å². The van der Waals surface area contributed by atoms with Crippen LogP contribution in [0.2, 0.25) is 0 Å². The molecule has 0 amide bonds. The summed E-state index contributed by atoms with van der Waals surface area (Å²) in [4.78, 5) is -0.769. The lowest BCUT2D eigenvalue weighted by molar-refractivity contribution is 0.339. The largest absolute Gasteiger partial charge is 0.117 e. The second kappa shape index (κ2) is 6.38. The van der Waals surface area contributed by atoms with Crippen LogP contribution >= 0.6 is 23.2 Å². The van der Waals surface area contributed by atoms with Crippen LogP contribution in [0, 0.1) is 0 Å². The van der Waals surface area contributed by atoms with Gasteiger partial charge in [0.15, 0.2) is 0 Å². The lowest BCUT2D eigenvalue weighted by Gasteiger charge is -2.53. The highest BCUT2D eigenvalue weighted by molar-refractivity contribution is 6.30. The van der Waals surface area contributed by atoms with Crippen molar-refractivity contribution in [3.8, 4) is 0 Å². The highest BCUT2D eigenvalue weighted by Crippen LogP contribution is 2.75. The predicted octanol–water partition coefficient (Wildman–Crippen LogP) is 8.03. The molecule has 3 aliphatic rings. The molecule has 0 aromatic heterocycles. The van der Waals surface area contributed by atoms with E-state index in [1.54, 1.807) is 0 Å². The maximum Gasteiger partial charge on any atom is 0.109 e. The fourth-order valence-corrected chi connectivity index (χ4v) is 7.92. The van der Waals surface area contributed by atoms with Gasteiger partial charge in [-0.1, -0.05) is 109 Å². The van der Waals surface area contributed by atoms with Gasteiger partial charge in [-0.3, -0.25) is 0 Å². The summed E-state index contributed by atoms with van der Waals surface area (Å²) in [6.07, 6.45) is 4.47. The molecule has 0 nitrogen and oxygen atoms in total. The van der Waals surface area contributed by atoms with Gasteiger partial charge in [0.05, 0.1) is 10.8 Å². The van der Waals surface area contributed by atoms with Crippen LogP contribution in [0.3, 0.4) is 0 Å². The van der Waals surface area contributed by atoms with Crippen LogP contribution in [0.5, 0.6) is 0 Å². The minimum Gasteiger partial charge on any atom is -0.117 e. The summed E-state index contributed by atoms with van der Waals surface area (Å²) in [5, 5.41) is -0.194. The van der Waals surface area contributed by atoms with Gasteiger partial charge in [-0.05, 0) is 44.5 Å². The first-order valence-corrected chi connectivity index (χ1v) is 11.9. The molecule has 7 rings (SSSR count). The van der Waals surface area contributed by atoms with Crippen molar-refractivity contribution in [3.63, 3.8) is 0 Å². The van der Waals surface area contributed by atoms with Crippen LogP contribution in [-0.4, -0.2) is 0 Å². The van der Waals surface area contributed by atoms with E-state index in [9.17, 15) is 0 Å². The molecule has 4 aromatic carbocycles. The average Bonchev–Trinajstić information content (AvgIpc) is 2.93. The van der Waals surface area contributed by atoms with Gasteiger partial charge in [-0.25, -0.2) is 0 Å². The number of halogens is 2. The first kappa shape index (κ1) is 18.7. The Hall–Kier alpha value is -2.80.